The molecular formula is C12H14FNO2S. The van der Waals surface area contributed by atoms with Gasteiger partial charge in [0.2, 0.25) is 0 Å². The van der Waals surface area contributed by atoms with Gasteiger partial charge < -0.3 is 9.47 Å². The predicted molar refractivity (Wildman–Crippen MR) is 64.5 cm³/mol. The molecule has 92 valence electrons. The van der Waals surface area contributed by atoms with Gasteiger partial charge in [-0.3, -0.25) is 0 Å². The molecule has 0 atom stereocenters. The van der Waals surface area contributed by atoms with Crippen LogP contribution >= 0.6 is 11.8 Å². The summed E-state index contributed by atoms with van der Waals surface area (Å²) >= 11 is 1.35. The molecule has 0 unspecified atom stereocenters. The highest BCUT2D eigenvalue weighted by molar-refractivity contribution is 8.00. The number of ether oxygens (including phenoxy) is 2. The van der Waals surface area contributed by atoms with E-state index in [1.807, 2.05) is 0 Å². The Morgan fingerprint density at radius 1 is 1.47 bits per heavy atom. The van der Waals surface area contributed by atoms with Crippen LogP contribution in [-0.4, -0.2) is 18.6 Å². The van der Waals surface area contributed by atoms with Crippen LogP contribution in [0.2, 0.25) is 0 Å². The van der Waals surface area contributed by atoms with Gasteiger partial charge in [-0.25, -0.2) is 4.39 Å². The first kappa shape index (κ1) is 13.8. The normalized spacial score (nSPS) is 11.0. The monoisotopic (exact) mass is 255 g/mol. The van der Waals surface area contributed by atoms with Crippen LogP contribution in [0.15, 0.2) is 23.1 Å². The Labute approximate surface area is 105 Å². The highest BCUT2D eigenvalue weighted by Gasteiger charge is 2.19. The Morgan fingerprint density at radius 3 is 2.76 bits per heavy atom. The van der Waals surface area contributed by atoms with E-state index in [0.717, 1.165) is 4.90 Å². The molecule has 5 heteroatoms. The zero-order valence-corrected chi connectivity index (χ0v) is 10.8. The molecule has 1 aromatic rings. The van der Waals surface area contributed by atoms with Gasteiger partial charge in [-0.2, -0.15) is 5.26 Å². The van der Waals surface area contributed by atoms with E-state index in [-0.39, 0.29) is 12.5 Å². The molecular weight excluding hydrogens is 241 g/mol. The number of halogens is 1. The van der Waals surface area contributed by atoms with Crippen LogP contribution in [-0.2, 0) is 4.74 Å². The van der Waals surface area contributed by atoms with Gasteiger partial charge in [0, 0.05) is 12.0 Å². The van der Waals surface area contributed by atoms with Crippen molar-refractivity contribution in [1.29, 1.82) is 5.26 Å². The first-order valence-corrected chi connectivity index (χ1v) is 5.82. The van der Waals surface area contributed by atoms with Crippen molar-refractivity contribution in [3.05, 3.63) is 24.0 Å². The highest BCUT2D eigenvalue weighted by atomic mass is 32.2. The fourth-order valence-corrected chi connectivity index (χ4v) is 2.03. The third-order valence-corrected chi connectivity index (χ3v) is 2.97. The first-order chi connectivity index (χ1) is 7.98. The predicted octanol–water partition coefficient (Wildman–Crippen LogP) is 3.20. The van der Waals surface area contributed by atoms with Crippen molar-refractivity contribution in [3.63, 3.8) is 0 Å². The van der Waals surface area contributed by atoms with Gasteiger partial charge in [-0.1, -0.05) is 0 Å². The molecule has 0 aliphatic carbocycles. The Morgan fingerprint density at radius 2 is 2.18 bits per heavy atom. The third-order valence-electron chi connectivity index (χ3n) is 1.88. The van der Waals surface area contributed by atoms with Crippen molar-refractivity contribution < 1.29 is 13.9 Å². The van der Waals surface area contributed by atoms with E-state index in [4.69, 9.17) is 14.7 Å². The number of rotatable bonds is 5. The van der Waals surface area contributed by atoms with Crippen LogP contribution in [0, 0.1) is 17.1 Å². The summed E-state index contributed by atoms with van der Waals surface area (Å²) in [5, 5.41) is 8.92. The topological polar surface area (TPSA) is 42.2 Å². The lowest BCUT2D eigenvalue weighted by atomic mass is 10.2. The van der Waals surface area contributed by atoms with E-state index in [0.29, 0.717) is 0 Å². The molecule has 17 heavy (non-hydrogen) atoms. The SMILES string of the molecule is COCOc1cc(SC(C)(C)C#N)ccc1F. The van der Waals surface area contributed by atoms with Crippen LogP contribution in [0.1, 0.15) is 13.8 Å². The molecule has 0 aliphatic rings. The van der Waals surface area contributed by atoms with E-state index in [1.165, 1.54) is 24.9 Å². The number of methoxy groups -OCH3 is 1. The summed E-state index contributed by atoms with van der Waals surface area (Å²) in [5.74, 6) is -0.313. The van der Waals surface area contributed by atoms with Crippen molar-refractivity contribution in [3.8, 4) is 11.8 Å². The van der Waals surface area contributed by atoms with E-state index in [9.17, 15) is 4.39 Å². The second kappa shape index (κ2) is 5.89. The Bertz CT molecular complexity index is 429. The summed E-state index contributed by atoms with van der Waals surface area (Å²) in [6.07, 6.45) is 0. The number of nitrogens with zero attached hydrogens (tertiary/aromatic N) is 1. The molecule has 0 bridgehead atoms. The summed E-state index contributed by atoms with van der Waals surface area (Å²) in [5.41, 5.74) is 0. The molecule has 0 fully saturated rings. The number of thioether (sulfide) groups is 1. The van der Waals surface area contributed by atoms with E-state index in [2.05, 4.69) is 6.07 Å². The molecule has 0 heterocycles. The Kier molecular flexibility index (Phi) is 4.79. The van der Waals surface area contributed by atoms with Gasteiger partial charge in [0.1, 0.15) is 4.75 Å². The second-order valence-corrected chi connectivity index (χ2v) is 5.56. The van der Waals surface area contributed by atoms with Crippen molar-refractivity contribution in [1.82, 2.24) is 0 Å². The van der Waals surface area contributed by atoms with Gasteiger partial charge in [-0.05, 0) is 32.0 Å². The molecule has 0 radical (unpaired) electrons. The molecule has 1 aromatic carbocycles. The van der Waals surface area contributed by atoms with Gasteiger partial charge >= 0.3 is 0 Å². The van der Waals surface area contributed by atoms with Crippen LogP contribution in [0.3, 0.4) is 0 Å². The minimum Gasteiger partial charge on any atom is -0.464 e. The fraction of sp³-hybridized carbons (Fsp3) is 0.417. The van der Waals surface area contributed by atoms with Gasteiger partial charge in [-0.15, -0.1) is 11.8 Å². The molecule has 3 nitrogen and oxygen atoms in total. The standard InChI is InChI=1S/C12H14FNO2S/c1-12(2,7-14)17-9-4-5-10(13)11(6-9)16-8-15-3/h4-6H,8H2,1-3H3. The van der Waals surface area contributed by atoms with Crippen molar-refractivity contribution in [2.75, 3.05) is 13.9 Å². The summed E-state index contributed by atoms with van der Waals surface area (Å²) in [6.45, 7) is 3.60. The number of benzene rings is 1. The maximum atomic E-state index is 13.4. The number of nitriles is 1. The largest absolute Gasteiger partial charge is 0.464 e. The van der Waals surface area contributed by atoms with E-state index >= 15 is 0 Å². The van der Waals surface area contributed by atoms with Crippen LogP contribution < -0.4 is 4.74 Å². The smallest absolute Gasteiger partial charge is 0.188 e. The molecule has 0 saturated heterocycles. The van der Waals surface area contributed by atoms with E-state index < -0.39 is 10.6 Å². The van der Waals surface area contributed by atoms with Crippen molar-refractivity contribution >= 4 is 11.8 Å². The quantitative estimate of drug-likeness (QED) is 0.598. The van der Waals surface area contributed by atoms with Gasteiger partial charge in [0.05, 0.1) is 6.07 Å². The van der Waals surface area contributed by atoms with Gasteiger partial charge in [0.25, 0.3) is 0 Å². The maximum absolute atomic E-state index is 13.4. The summed E-state index contributed by atoms with van der Waals surface area (Å²) < 4.78 is 22.6. The lowest BCUT2D eigenvalue weighted by Gasteiger charge is -2.15. The zero-order valence-electron chi connectivity index (χ0n) is 9.99. The molecule has 0 saturated carbocycles. The van der Waals surface area contributed by atoms with Crippen LogP contribution in [0.4, 0.5) is 4.39 Å². The lowest BCUT2D eigenvalue weighted by Crippen LogP contribution is -2.10. The molecule has 0 aliphatic heterocycles. The number of hydrogen-bond donors (Lipinski definition) is 0. The molecule has 1 rings (SSSR count). The highest BCUT2D eigenvalue weighted by Crippen LogP contribution is 2.34. The molecule has 0 aromatic heterocycles. The minimum atomic E-state index is -0.559. The van der Waals surface area contributed by atoms with Crippen LogP contribution in [0.25, 0.3) is 0 Å². The summed E-state index contributed by atoms with van der Waals surface area (Å²) in [7, 11) is 1.47. The molecule has 0 N–H and O–H groups in total. The average Bonchev–Trinajstić information content (AvgIpc) is 2.29. The first-order valence-electron chi connectivity index (χ1n) is 5.00. The van der Waals surface area contributed by atoms with Crippen molar-refractivity contribution in [2.24, 2.45) is 0 Å². The molecule has 0 spiro atoms. The number of hydrogen-bond acceptors (Lipinski definition) is 4. The lowest BCUT2D eigenvalue weighted by molar-refractivity contribution is 0.0481. The summed E-state index contributed by atoms with van der Waals surface area (Å²) in [6, 6.07) is 6.68. The zero-order chi connectivity index (χ0) is 12.9. The van der Waals surface area contributed by atoms with Gasteiger partial charge in [0.15, 0.2) is 18.4 Å². The molecule has 0 amide bonds. The summed E-state index contributed by atoms with van der Waals surface area (Å²) in [4.78, 5) is 0.782. The minimum absolute atomic E-state index is 0.00726. The fourth-order valence-electron chi connectivity index (χ4n) is 1.10. The van der Waals surface area contributed by atoms with E-state index in [1.54, 1.807) is 26.0 Å². The second-order valence-electron chi connectivity index (χ2n) is 3.87. The van der Waals surface area contributed by atoms with Crippen LogP contribution in [0.5, 0.6) is 5.75 Å². The van der Waals surface area contributed by atoms with Crippen molar-refractivity contribution in [2.45, 2.75) is 23.5 Å². The third kappa shape index (κ3) is 4.25. The average molecular weight is 255 g/mol. The Balaban J connectivity index is 2.85. The maximum Gasteiger partial charge on any atom is 0.188 e. The Hall–Kier alpha value is -1.25.